The van der Waals surface area contributed by atoms with Gasteiger partial charge in [-0.05, 0) is 17.7 Å². The third-order valence-corrected chi connectivity index (χ3v) is 3.78. The molecular formula is C14H18N2O3. The molecule has 2 atom stereocenters. The van der Waals surface area contributed by atoms with Gasteiger partial charge >= 0.3 is 0 Å². The van der Waals surface area contributed by atoms with Crippen LogP contribution in [-0.4, -0.2) is 49.8 Å². The lowest BCUT2D eigenvalue weighted by Gasteiger charge is -2.36. The van der Waals surface area contributed by atoms with E-state index in [-0.39, 0.29) is 24.7 Å². The Balaban J connectivity index is 1.74. The van der Waals surface area contributed by atoms with Crippen LogP contribution in [0.4, 0.5) is 0 Å². The third kappa shape index (κ3) is 2.43. The van der Waals surface area contributed by atoms with Crippen molar-refractivity contribution in [3.8, 4) is 5.75 Å². The minimum absolute atomic E-state index is 0.0702. The van der Waals surface area contributed by atoms with Gasteiger partial charge in [0.15, 0.2) is 0 Å². The molecule has 102 valence electrons. The highest BCUT2D eigenvalue weighted by Crippen LogP contribution is 2.21. The molecule has 5 heteroatoms. The third-order valence-electron chi connectivity index (χ3n) is 3.78. The maximum atomic E-state index is 12.0. The average molecular weight is 262 g/mol. The molecule has 0 radical (unpaired) electrons. The molecule has 2 aliphatic rings. The van der Waals surface area contributed by atoms with Gasteiger partial charge in [-0.1, -0.05) is 12.1 Å². The summed E-state index contributed by atoms with van der Waals surface area (Å²) in [5.74, 6) is 0.901. The summed E-state index contributed by atoms with van der Waals surface area (Å²) in [5.41, 5.74) is 1.11. The van der Waals surface area contributed by atoms with Crippen molar-refractivity contribution in [2.24, 2.45) is 0 Å². The summed E-state index contributed by atoms with van der Waals surface area (Å²) in [7, 11) is 1.65. The van der Waals surface area contributed by atoms with Crippen LogP contribution in [-0.2, 0) is 16.1 Å². The molecule has 1 amide bonds. The van der Waals surface area contributed by atoms with Crippen LogP contribution in [0.2, 0.25) is 0 Å². The van der Waals surface area contributed by atoms with E-state index in [0.717, 1.165) is 24.4 Å². The van der Waals surface area contributed by atoms with Crippen molar-refractivity contribution in [1.29, 1.82) is 0 Å². The van der Waals surface area contributed by atoms with Crippen molar-refractivity contribution in [3.05, 3.63) is 29.8 Å². The van der Waals surface area contributed by atoms with Gasteiger partial charge in [0.2, 0.25) is 5.91 Å². The Hall–Kier alpha value is -1.59. The second-order valence-corrected chi connectivity index (χ2v) is 4.94. The topological polar surface area (TPSA) is 50.8 Å². The minimum atomic E-state index is 0.0702. The van der Waals surface area contributed by atoms with Crippen molar-refractivity contribution < 1.29 is 14.3 Å². The fraction of sp³-hybridized carbons (Fsp3) is 0.500. The molecule has 5 nitrogen and oxygen atoms in total. The van der Waals surface area contributed by atoms with Crippen LogP contribution in [0, 0.1) is 0 Å². The van der Waals surface area contributed by atoms with Gasteiger partial charge in [0.25, 0.3) is 0 Å². The lowest BCUT2D eigenvalue weighted by atomic mass is 10.1. The molecular weight excluding hydrogens is 244 g/mol. The summed E-state index contributed by atoms with van der Waals surface area (Å²) < 4.78 is 10.7. The number of ether oxygens (including phenoxy) is 2. The van der Waals surface area contributed by atoms with E-state index < -0.39 is 0 Å². The van der Waals surface area contributed by atoms with E-state index in [0.29, 0.717) is 6.54 Å². The highest BCUT2D eigenvalue weighted by molar-refractivity contribution is 5.78. The van der Waals surface area contributed by atoms with E-state index in [1.165, 1.54) is 0 Å². The maximum absolute atomic E-state index is 12.0. The number of methoxy groups -OCH3 is 1. The zero-order valence-electron chi connectivity index (χ0n) is 11.0. The summed E-state index contributed by atoms with van der Waals surface area (Å²) in [6.45, 7) is 2.47. The number of amides is 1. The summed E-state index contributed by atoms with van der Waals surface area (Å²) in [5, 5.41) is 3.28. The van der Waals surface area contributed by atoms with Gasteiger partial charge in [-0.2, -0.15) is 0 Å². The second kappa shape index (κ2) is 5.19. The van der Waals surface area contributed by atoms with E-state index in [2.05, 4.69) is 5.32 Å². The van der Waals surface area contributed by atoms with E-state index in [1.807, 2.05) is 29.2 Å². The summed E-state index contributed by atoms with van der Waals surface area (Å²) in [6, 6.07) is 8.00. The van der Waals surface area contributed by atoms with Crippen LogP contribution < -0.4 is 10.1 Å². The molecule has 0 aliphatic carbocycles. The standard InChI is InChI=1S/C14H18N2O3/c1-18-11-4-2-10(3-5-11)8-16-12-6-15-7-13(12)19-9-14(16)17/h2-5,12-13,15H,6-9H2,1H3/t12-,13-/m1/s1. The fourth-order valence-corrected chi connectivity index (χ4v) is 2.70. The van der Waals surface area contributed by atoms with E-state index in [4.69, 9.17) is 9.47 Å². The molecule has 3 rings (SSSR count). The molecule has 2 fully saturated rings. The quantitative estimate of drug-likeness (QED) is 0.856. The number of morpholine rings is 1. The van der Waals surface area contributed by atoms with Crippen molar-refractivity contribution in [2.45, 2.75) is 18.7 Å². The smallest absolute Gasteiger partial charge is 0.249 e. The predicted molar refractivity (Wildman–Crippen MR) is 69.9 cm³/mol. The first-order valence-corrected chi connectivity index (χ1v) is 6.52. The Morgan fingerprint density at radius 3 is 2.89 bits per heavy atom. The number of rotatable bonds is 3. The van der Waals surface area contributed by atoms with E-state index >= 15 is 0 Å². The Morgan fingerprint density at radius 2 is 2.16 bits per heavy atom. The van der Waals surface area contributed by atoms with Gasteiger partial charge in [0.05, 0.1) is 19.3 Å². The molecule has 2 saturated heterocycles. The maximum Gasteiger partial charge on any atom is 0.249 e. The van der Waals surface area contributed by atoms with Gasteiger partial charge in [-0.15, -0.1) is 0 Å². The van der Waals surface area contributed by atoms with Gasteiger partial charge < -0.3 is 19.7 Å². The first kappa shape index (κ1) is 12.4. The van der Waals surface area contributed by atoms with Crippen LogP contribution in [0.5, 0.6) is 5.75 Å². The summed E-state index contributed by atoms with van der Waals surface area (Å²) in [6.07, 6.45) is 0.135. The van der Waals surface area contributed by atoms with E-state index in [1.54, 1.807) is 7.11 Å². The van der Waals surface area contributed by atoms with E-state index in [9.17, 15) is 4.79 Å². The molecule has 2 heterocycles. The van der Waals surface area contributed by atoms with Gasteiger partial charge in [-0.3, -0.25) is 4.79 Å². The number of hydrogen-bond donors (Lipinski definition) is 1. The van der Waals surface area contributed by atoms with Crippen molar-refractivity contribution in [2.75, 3.05) is 26.8 Å². The molecule has 19 heavy (non-hydrogen) atoms. The average Bonchev–Trinajstić information content (AvgIpc) is 2.91. The van der Waals surface area contributed by atoms with Gasteiger partial charge in [-0.25, -0.2) is 0 Å². The fourth-order valence-electron chi connectivity index (χ4n) is 2.70. The number of nitrogens with one attached hydrogen (secondary N) is 1. The number of hydrogen-bond acceptors (Lipinski definition) is 4. The van der Waals surface area contributed by atoms with Gasteiger partial charge in [0.1, 0.15) is 12.4 Å². The number of carbonyl (C=O) groups is 1. The monoisotopic (exact) mass is 262 g/mol. The molecule has 0 aromatic heterocycles. The highest BCUT2D eigenvalue weighted by atomic mass is 16.5. The number of benzene rings is 1. The highest BCUT2D eigenvalue weighted by Gasteiger charge is 2.39. The lowest BCUT2D eigenvalue weighted by molar-refractivity contribution is -0.153. The van der Waals surface area contributed by atoms with Crippen LogP contribution in [0.3, 0.4) is 0 Å². The first-order valence-electron chi connectivity index (χ1n) is 6.52. The normalized spacial score (nSPS) is 26.4. The summed E-state index contributed by atoms with van der Waals surface area (Å²) >= 11 is 0. The van der Waals surface area contributed by atoms with Crippen LogP contribution in [0.15, 0.2) is 24.3 Å². The molecule has 0 spiro atoms. The molecule has 0 unspecified atom stereocenters. The minimum Gasteiger partial charge on any atom is -0.497 e. The first-order chi connectivity index (χ1) is 9.28. The van der Waals surface area contributed by atoms with Crippen LogP contribution in [0.25, 0.3) is 0 Å². The van der Waals surface area contributed by atoms with Crippen molar-refractivity contribution in [1.82, 2.24) is 10.2 Å². The molecule has 1 N–H and O–H groups in total. The zero-order valence-corrected chi connectivity index (χ0v) is 11.0. The Bertz CT molecular complexity index is 460. The number of fused-ring (bicyclic) bond motifs is 1. The Kier molecular flexibility index (Phi) is 3.40. The van der Waals surface area contributed by atoms with Crippen LogP contribution in [0.1, 0.15) is 5.56 Å². The number of carbonyl (C=O) groups excluding carboxylic acids is 1. The largest absolute Gasteiger partial charge is 0.497 e. The van der Waals surface area contributed by atoms with Crippen molar-refractivity contribution in [3.63, 3.8) is 0 Å². The second-order valence-electron chi connectivity index (χ2n) is 4.94. The SMILES string of the molecule is COc1ccc(CN2C(=O)CO[C@@H]3CNC[C@H]32)cc1. The van der Waals surface area contributed by atoms with Crippen LogP contribution >= 0.6 is 0 Å². The lowest BCUT2D eigenvalue weighted by Crippen LogP contribution is -2.53. The van der Waals surface area contributed by atoms with Gasteiger partial charge in [0, 0.05) is 19.6 Å². The molecule has 1 aromatic carbocycles. The number of nitrogens with zero attached hydrogens (tertiary/aromatic N) is 1. The Morgan fingerprint density at radius 1 is 1.37 bits per heavy atom. The Labute approximate surface area is 112 Å². The van der Waals surface area contributed by atoms with Crippen molar-refractivity contribution >= 4 is 5.91 Å². The predicted octanol–water partition coefficient (Wildman–Crippen LogP) is 0.394. The zero-order chi connectivity index (χ0) is 13.2. The molecule has 0 bridgehead atoms. The molecule has 1 aromatic rings. The molecule has 2 aliphatic heterocycles. The summed E-state index contributed by atoms with van der Waals surface area (Å²) in [4.78, 5) is 13.9. The molecule has 0 saturated carbocycles.